The summed E-state index contributed by atoms with van der Waals surface area (Å²) in [6, 6.07) is -0.857. The van der Waals surface area contributed by atoms with Gasteiger partial charge in [0.15, 0.2) is 0 Å². The highest BCUT2D eigenvalue weighted by Gasteiger charge is 2.38. The van der Waals surface area contributed by atoms with Gasteiger partial charge in [-0.05, 0) is 71.5 Å². The molecule has 0 spiro atoms. The van der Waals surface area contributed by atoms with E-state index in [1.54, 1.807) is 31.7 Å². The van der Waals surface area contributed by atoms with Gasteiger partial charge in [0.2, 0.25) is 18.6 Å². The second kappa shape index (κ2) is 16.6. The van der Waals surface area contributed by atoms with E-state index in [1.165, 1.54) is 0 Å². The number of alkyl halides is 3. The number of allylic oxidation sites excluding steroid dienone is 1. The molecule has 2 atom stereocenters. The predicted octanol–water partition coefficient (Wildman–Crippen LogP) is 2.01. The van der Waals surface area contributed by atoms with Gasteiger partial charge in [0.1, 0.15) is 6.04 Å². The van der Waals surface area contributed by atoms with Gasteiger partial charge in [-0.15, -0.1) is 6.42 Å². The maximum absolute atomic E-state index is 12.7. The molecule has 0 radical (unpaired) electrons. The third-order valence-electron chi connectivity index (χ3n) is 6.15. The number of ether oxygens (including phenoxy) is 2. The molecule has 2 amide bonds. The lowest BCUT2D eigenvalue weighted by atomic mass is 9.95. The molecule has 14 heteroatoms. The molecule has 2 rings (SSSR count). The molecule has 0 aromatic rings. The van der Waals surface area contributed by atoms with Gasteiger partial charge in [-0.25, -0.2) is 4.79 Å². The first kappa shape index (κ1) is 35.4. The molecule has 2 saturated heterocycles. The third-order valence-corrected chi connectivity index (χ3v) is 6.15. The van der Waals surface area contributed by atoms with Crippen LogP contribution in [0.3, 0.4) is 0 Å². The zero-order valence-electron chi connectivity index (χ0n) is 23.4. The van der Waals surface area contributed by atoms with Crippen molar-refractivity contribution in [1.82, 2.24) is 15.5 Å². The second-order valence-electron chi connectivity index (χ2n) is 10.6. The average Bonchev–Trinajstić information content (AvgIpc) is 2.91. The monoisotopic (exact) mass is 589 g/mol. The van der Waals surface area contributed by atoms with Crippen molar-refractivity contribution in [3.05, 3.63) is 12.2 Å². The maximum atomic E-state index is 12.7. The summed E-state index contributed by atoms with van der Waals surface area (Å²) in [5, 5.41) is 13.1. The summed E-state index contributed by atoms with van der Waals surface area (Å²) in [7, 11) is 0. The number of rotatable bonds is 8. The maximum Gasteiger partial charge on any atom is 0.490 e. The van der Waals surface area contributed by atoms with Crippen LogP contribution in [0.25, 0.3) is 0 Å². The molecule has 2 fully saturated rings. The molecule has 0 saturated carbocycles. The number of piperidine rings is 2. The normalized spacial score (nSPS) is 18.8. The highest BCUT2D eigenvalue weighted by molar-refractivity contribution is 5.88. The molecule has 0 aromatic heterocycles. The van der Waals surface area contributed by atoms with Crippen LogP contribution in [0.15, 0.2) is 12.2 Å². The summed E-state index contributed by atoms with van der Waals surface area (Å²) in [5.74, 6) is -1.94. The van der Waals surface area contributed by atoms with Crippen molar-refractivity contribution >= 4 is 29.7 Å². The highest BCUT2D eigenvalue weighted by atomic mass is 19.4. The molecule has 230 valence electrons. The number of amides is 2. The standard InChI is InChI=1S/C25H37N3O6.C2HF3O2/c1-5-20(15-22(30)33-17-34-24(32)25(2,3)4)27-23(31)19-7-6-14-28(16-19)21(29)9-8-18-10-12-26-13-11-18;3-2(4,5)1(6)7/h1,8-9,18-20,26H,6-7,10-17H2,2-4H3,(H,27,31);(H,6,7)/b9-8+;/t19-,20-;/m1./s1. The van der Waals surface area contributed by atoms with Crippen LogP contribution < -0.4 is 10.6 Å². The van der Waals surface area contributed by atoms with Gasteiger partial charge < -0.3 is 30.1 Å². The number of esters is 2. The highest BCUT2D eigenvalue weighted by Crippen LogP contribution is 2.19. The van der Waals surface area contributed by atoms with Crippen molar-refractivity contribution in [3.8, 4) is 12.3 Å². The van der Waals surface area contributed by atoms with E-state index in [1.807, 2.05) is 6.08 Å². The lowest BCUT2D eigenvalue weighted by molar-refractivity contribution is -0.192. The molecule has 11 nitrogen and oxygen atoms in total. The van der Waals surface area contributed by atoms with Crippen molar-refractivity contribution in [2.45, 2.75) is 65.1 Å². The fraction of sp³-hybridized carbons (Fsp3) is 0.667. The Morgan fingerprint density at radius 1 is 1.12 bits per heavy atom. The number of hydrogen-bond acceptors (Lipinski definition) is 8. The summed E-state index contributed by atoms with van der Waals surface area (Å²) in [5.41, 5.74) is -0.708. The minimum atomic E-state index is -5.08. The Kier molecular flexibility index (Phi) is 14.4. The number of nitrogens with one attached hydrogen (secondary N) is 2. The van der Waals surface area contributed by atoms with Crippen molar-refractivity contribution in [1.29, 1.82) is 0 Å². The number of aliphatic carboxylic acids is 1. The van der Waals surface area contributed by atoms with Gasteiger partial charge in [-0.2, -0.15) is 13.2 Å². The topological polar surface area (TPSA) is 151 Å². The minimum absolute atomic E-state index is 0.0853. The van der Waals surface area contributed by atoms with E-state index < -0.39 is 48.3 Å². The van der Waals surface area contributed by atoms with E-state index in [2.05, 4.69) is 16.6 Å². The molecule has 2 aliphatic rings. The minimum Gasteiger partial charge on any atom is -0.475 e. The molecular weight excluding hydrogens is 551 g/mol. The summed E-state index contributed by atoms with van der Waals surface area (Å²) in [6.45, 7) is 7.39. The number of carboxylic acid groups (broad SMARTS) is 1. The molecule has 2 aliphatic heterocycles. The SMILES string of the molecule is C#C[C@H](CC(=O)OCOC(=O)C(C)(C)C)NC(=O)[C@@H]1CCCN(C(=O)/C=C/C2CCNCC2)C1.O=C(O)C(F)(F)F. The number of carbonyl (C=O) groups excluding carboxylic acids is 4. The first-order chi connectivity index (χ1) is 19.0. The van der Waals surface area contributed by atoms with Crippen molar-refractivity contribution in [3.63, 3.8) is 0 Å². The van der Waals surface area contributed by atoms with Gasteiger partial charge >= 0.3 is 24.1 Å². The van der Waals surface area contributed by atoms with Gasteiger partial charge in [-0.3, -0.25) is 19.2 Å². The zero-order valence-corrected chi connectivity index (χ0v) is 23.4. The van der Waals surface area contributed by atoms with E-state index in [0.717, 1.165) is 25.9 Å². The predicted molar refractivity (Wildman–Crippen MR) is 140 cm³/mol. The number of terminal acetylenes is 1. The summed E-state index contributed by atoms with van der Waals surface area (Å²) in [6.07, 6.45) is 7.15. The fourth-order valence-corrected chi connectivity index (χ4v) is 3.78. The smallest absolute Gasteiger partial charge is 0.475 e. The zero-order chi connectivity index (χ0) is 31.2. The fourth-order valence-electron chi connectivity index (χ4n) is 3.78. The Labute approximate surface area is 237 Å². The lowest BCUT2D eigenvalue weighted by Crippen LogP contribution is -2.47. The van der Waals surface area contributed by atoms with Crippen LogP contribution in [0.2, 0.25) is 0 Å². The molecular formula is C27H38F3N3O8. The molecule has 0 bridgehead atoms. The van der Waals surface area contributed by atoms with E-state index in [9.17, 15) is 32.3 Å². The molecule has 0 unspecified atom stereocenters. The number of halogens is 3. The van der Waals surface area contributed by atoms with Crippen LogP contribution in [0, 0.1) is 29.6 Å². The molecule has 41 heavy (non-hydrogen) atoms. The van der Waals surface area contributed by atoms with Crippen LogP contribution in [-0.4, -0.2) is 84.9 Å². The third kappa shape index (κ3) is 14.0. The first-order valence-corrected chi connectivity index (χ1v) is 13.1. The van der Waals surface area contributed by atoms with Crippen molar-refractivity contribution < 1.29 is 51.7 Å². The van der Waals surface area contributed by atoms with Gasteiger partial charge in [0, 0.05) is 13.1 Å². The Morgan fingerprint density at radius 3 is 2.27 bits per heavy atom. The Morgan fingerprint density at radius 2 is 1.73 bits per heavy atom. The van der Waals surface area contributed by atoms with Gasteiger partial charge in [0.05, 0.1) is 17.8 Å². The molecule has 0 aromatic carbocycles. The van der Waals surface area contributed by atoms with Crippen LogP contribution in [0.1, 0.15) is 52.9 Å². The van der Waals surface area contributed by atoms with Crippen molar-refractivity contribution in [2.24, 2.45) is 17.3 Å². The van der Waals surface area contributed by atoms with E-state index in [4.69, 9.17) is 25.8 Å². The summed E-state index contributed by atoms with van der Waals surface area (Å²) in [4.78, 5) is 59.7. The van der Waals surface area contributed by atoms with E-state index in [-0.39, 0.29) is 18.2 Å². The first-order valence-electron chi connectivity index (χ1n) is 13.1. The van der Waals surface area contributed by atoms with E-state index in [0.29, 0.717) is 31.8 Å². The number of carbonyl (C=O) groups is 5. The van der Waals surface area contributed by atoms with Gasteiger partial charge in [0.25, 0.3) is 0 Å². The quantitative estimate of drug-likeness (QED) is 0.167. The molecule has 0 aliphatic carbocycles. The lowest BCUT2D eigenvalue weighted by Gasteiger charge is -2.32. The second-order valence-corrected chi connectivity index (χ2v) is 10.6. The van der Waals surface area contributed by atoms with Crippen LogP contribution in [-0.2, 0) is 33.4 Å². The van der Waals surface area contributed by atoms with Crippen LogP contribution in [0.4, 0.5) is 13.2 Å². The Hall–Kier alpha value is -3.60. The number of hydrogen-bond donors (Lipinski definition) is 3. The van der Waals surface area contributed by atoms with Gasteiger partial charge in [-0.1, -0.05) is 12.0 Å². The van der Waals surface area contributed by atoms with Crippen LogP contribution >= 0.6 is 0 Å². The average molecular weight is 590 g/mol. The van der Waals surface area contributed by atoms with Crippen molar-refractivity contribution in [2.75, 3.05) is 33.0 Å². The van der Waals surface area contributed by atoms with Crippen LogP contribution in [0.5, 0.6) is 0 Å². The Bertz CT molecular complexity index is 995. The Balaban J connectivity index is 0.00000106. The number of likely N-dealkylation sites (tertiary alicyclic amines) is 1. The molecule has 2 heterocycles. The largest absolute Gasteiger partial charge is 0.490 e. The number of carboxylic acids is 1. The summed E-state index contributed by atoms with van der Waals surface area (Å²) < 4.78 is 41.5. The summed E-state index contributed by atoms with van der Waals surface area (Å²) >= 11 is 0. The number of nitrogens with zero attached hydrogens (tertiary/aromatic N) is 1. The van der Waals surface area contributed by atoms with E-state index >= 15 is 0 Å². The molecule has 3 N–H and O–H groups in total.